The van der Waals surface area contributed by atoms with E-state index in [1.54, 1.807) is 0 Å². The lowest BCUT2D eigenvalue weighted by Crippen LogP contribution is -2.04. The van der Waals surface area contributed by atoms with E-state index < -0.39 is 0 Å². The summed E-state index contributed by atoms with van der Waals surface area (Å²) in [6, 6.07) is 64.7. The maximum Gasteiger partial charge on any atom is 0.0796 e. The van der Waals surface area contributed by atoms with Gasteiger partial charge in [0, 0.05) is 58.2 Å². The van der Waals surface area contributed by atoms with E-state index in [1.165, 1.54) is 97.0 Å². The van der Waals surface area contributed by atoms with E-state index in [0.717, 1.165) is 5.69 Å². The van der Waals surface area contributed by atoms with Gasteiger partial charge < -0.3 is 13.7 Å². The summed E-state index contributed by atoms with van der Waals surface area (Å²) in [6.45, 7) is 0. The Morgan fingerprint density at radius 3 is 1.33 bits per heavy atom. The molecule has 242 valence electrons. The highest BCUT2D eigenvalue weighted by molar-refractivity contribution is 7.25. The van der Waals surface area contributed by atoms with Crippen molar-refractivity contribution in [2.24, 2.45) is 0 Å². The first kappa shape index (κ1) is 28.1. The van der Waals surface area contributed by atoms with Gasteiger partial charge in [-0.25, -0.2) is 0 Å². The van der Waals surface area contributed by atoms with Crippen LogP contribution in [0.25, 0.3) is 103 Å². The monoisotopic (exact) mass is 679 g/mol. The largest absolute Gasteiger partial charge is 0.309 e. The topological polar surface area (TPSA) is 14.8 Å². The highest BCUT2D eigenvalue weighted by Gasteiger charge is 2.24. The molecule has 0 spiro atoms. The predicted molar refractivity (Wildman–Crippen MR) is 222 cm³/mol. The Bertz CT molecular complexity index is 3320. The SMILES string of the molecule is c1ccc2c(c1)sc1ccc(-n3c4ccccc4c4ccccc43)c(-n3c4ccccc4c4cc(-n5c6ccccc6c6ccccc65)ccc43)c12. The summed E-state index contributed by atoms with van der Waals surface area (Å²) < 4.78 is 10.0. The van der Waals surface area contributed by atoms with E-state index in [1.807, 2.05) is 11.3 Å². The molecular weight excluding hydrogens is 651 g/mol. The fourth-order valence-electron chi connectivity index (χ4n) is 8.92. The van der Waals surface area contributed by atoms with Gasteiger partial charge in [0.05, 0.1) is 44.5 Å². The number of rotatable bonds is 3. The highest BCUT2D eigenvalue weighted by atomic mass is 32.1. The van der Waals surface area contributed by atoms with E-state index in [4.69, 9.17) is 0 Å². The van der Waals surface area contributed by atoms with Crippen LogP contribution in [-0.2, 0) is 0 Å². The number of aromatic nitrogens is 3. The van der Waals surface area contributed by atoms with Crippen LogP contribution in [0.4, 0.5) is 0 Å². The summed E-state index contributed by atoms with van der Waals surface area (Å²) in [5.41, 5.74) is 10.8. The minimum Gasteiger partial charge on any atom is -0.309 e. The van der Waals surface area contributed by atoms with Crippen molar-refractivity contribution in [1.29, 1.82) is 0 Å². The number of fused-ring (bicyclic) bond motifs is 12. The van der Waals surface area contributed by atoms with E-state index in [-0.39, 0.29) is 0 Å². The highest BCUT2D eigenvalue weighted by Crippen LogP contribution is 2.46. The number of para-hydroxylation sites is 5. The molecule has 4 aromatic heterocycles. The molecule has 8 aromatic carbocycles. The third-order valence-electron chi connectivity index (χ3n) is 11.0. The van der Waals surface area contributed by atoms with E-state index >= 15 is 0 Å². The maximum absolute atomic E-state index is 2.54. The minimum absolute atomic E-state index is 1.16. The summed E-state index contributed by atoms with van der Waals surface area (Å²) in [6.07, 6.45) is 0. The molecule has 52 heavy (non-hydrogen) atoms. The van der Waals surface area contributed by atoms with Gasteiger partial charge in [-0.2, -0.15) is 0 Å². The Morgan fingerprint density at radius 2 is 0.750 bits per heavy atom. The maximum atomic E-state index is 2.54. The van der Waals surface area contributed by atoms with Crippen molar-refractivity contribution in [3.05, 3.63) is 176 Å². The van der Waals surface area contributed by atoms with Crippen LogP contribution in [0.1, 0.15) is 0 Å². The molecule has 12 rings (SSSR count). The quantitative estimate of drug-likeness (QED) is 0.177. The van der Waals surface area contributed by atoms with Gasteiger partial charge >= 0.3 is 0 Å². The third-order valence-corrected chi connectivity index (χ3v) is 12.2. The van der Waals surface area contributed by atoms with Crippen LogP contribution in [0.3, 0.4) is 0 Å². The Morgan fingerprint density at radius 1 is 0.308 bits per heavy atom. The summed E-state index contributed by atoms with van der Waals surface area (Å²) >= 11 is 1.87. The van der Waals surface area contributed by atoms with E-state index in [0.29, 0.717) is 0 Å². The molecule has 0 aliphatic heterocycles. The molecule has 0 aliphatic rings. The number of hydrogen-bond acceptors (Lipinski definition) is 1. The predicted octanol–water partition coefficient (Wildman–Crippen LogP) is 13.3. The Kier molecular flexibility index (Phi) is 5.65. The zero-order chi connectivity index (χ0) is 33.9. The second-order valence-electron chi connectivity index (χ2n) is 13.7. The molecule has 0 saturated heterocycles. The minimum atomic E-state index is 1.16. The number of benzene rings is 8. The lowest BCUT2D eigenvalue weighted by Gasteiger charge is -2.18. The standard InChI is InChI=1S/C48H29N3S/c1-7-19-38-31(13-1)32-14-2-8-20-39(32)49(38)30-25-26-43-37(29-30)35-17-5-11-23-42(35)51(43)48-44(27-28-46-47(48)36-18-6-12-24-45(36)52-46)50-40-21-9-3-15-33(40)34-16-4-10-22-41(34)50/h1-29H. The lowest BCUT2D eigenvalue weighted by atomic mass is 10.1. The zero-order valence-electron chi connectivity index (χ0n) is 28.0. The van der Waals surface area contributed by atoms with E-state index in [2.05, 4.69) is 190 Å². The molecule has 0 fully saturated rings. The van der Waals surface area contributed by atoms with Gasteiger partial charge in [0.1, 0.15) is 0 Å². The zero-order valence-corrected chi connectivity index (χ0v) is 28.8. The number of thiophene rings is 1. The second kappa shape index (κ2) is 10.5. The van der Waals surface area contributed by atoms with Crippen molar-refractivity contribution in [3.8, 4) is 17.1 Å². The van der Waals surface area contributed by atoms with Gasteiger partial charge in [0.25, 0.3) is 0 Å². The van der Waals surface area contributed by atoms with Crippen molar-refractivity contribution in [2.45, 2.75) is 0 Å². The van der Waals surface area contributed by atoms with Crippen LogP contribution in [0.2, 0.25) is 0 Å². The van der Waals surface area contributed by atoms with Crippen LogP contribution in [0.15, 0.2) is 176 Å². The fraction of sp³-hybridized carbons (Fsp3) is 0. The summed E-state index contributed by atoms with van der Waals surface area (Å²) in [7, 11) is 0. The molecule has 0 aliphatic carbocycles. The van der Waals surface area contributed by atoms with Gasteiger partial charge in [0.2, 0.25) is 0 Å². The second-order valence-corrected chi connectivity index (χ2v) is 14.8. The average Bonchev–Trinajstić information content (AvgIpc) is 3.94. The van der Waals surface area contributed by atoms with Crippen molar-refractivity contribution >= 4 is 96.9 Å². The molecule has 0 unspecified atom stereocenters. The van der Waals surface area contributed by atoms with Gasteiger partial charge in [-0.1, -0.05) is 109 Å². The first-order valence-electron chi connectivity index (χ1n) is 17.8. The lowest BCUT2D eigenvalue weighted by molar-refractivity contribution is 1.11. The van der Waals surface area contributed by atoms with E-state index in [9.17, 15) is 0 Å². The molecule has 12 aromatic rings. The van der Waals surface area contributed by atoms with Crippen molar-refractivity contribution in [3.63, 3.8) is 0 Å². The van der Waals surface area contributed by atoms with Crippen LogP contribution in [-0.4, -0.2) is 13.7 Å². The number of hydrogen-bond donors (Lipinski definition) is 0. The molecule has 4 heterocycles. The first-order valence-corrected chi connectivity index (χ1v) is 18.6. The summed E-state index contributed by atoms with van der Waals surface area (Å²) in [5.74, 6) is 0. The Hall–Kier alpha value is -6.62. The van der Waals surface area contributed by atoms with Gasteiger partial charge in [-0.05, 0) is 66.7 Å². The molecule has 0 N–H and O–H groups in total. The first-order chi connectivity index (χ1) is 25.8. The summed E-state index contributed by atoms with van der Waals surface area (Å²) in [4.78, 5) is 0. The average molecular weight is 680 g/mol. The molecule has 0 saturated carbocycles. The van der Waals surface area contributed by atoms with Crippen molar-refractivity contribution in [2.75, 3.05) is 0 Å². The van der Waals surface area contributed by atoms with Crippen LogP contribution in [0.5, 0.6) is 0 Å². The number of nitrogens with zero attached hydrogens (tertiary/aromatic N) is 3. The Labute approximate surface area is 302 Å². The Balaban J connectivity index is 1.24. The van der Waals surface area contributed by atoms with Crippen LogP contribution >= 0.6 is 11.3 Å². The van der Waals surface area contributed by atoms with Crippen molar-refractivity contribution in [1.82, 2.24) is 13.7 Å². The van der Waals surface area contributed by atoms with Crippen LogP contribution in [0, 0.1) is 0 Å². The van der Waals surface area contributed by atoms with Gasteiger partial charge in [0.15, 0.2) is 0 Å². The molecule has 0 bridgehead atoms. The smallest absolute Gasteiger partial charge is 0.0796 e. The molecule has 0 atom stereocenters. The summed E-state index contributed by atoms with van der Waals surface area (Å²) in [5, 5.41) is 10.1. The molecule has 0 radical (unpaired) electrons. The normalized spacial score (nSPS) is 12.2. The molecule has 3 nitrogen and oxygen atoms in total. The van der Waals surface area contributed by atoms with Crippen molar-refractivity contribution < 1.29 is 0 Å². The molecule has 4 heteroatoms. The third kappa shape index (κ3) is 3.69. The van der Waals surface area contributed by atoms with Crippen LogP contribution < -0.4 is 0 Å². The van der Waals surface area contributed by atoms with Gasteiger partial charge in [-0.15, -0.1) is 11.3 Å². The fourth-order valence-corrected chi connectivity index (χ4v) is 10.0. The molecule has 0 amide bonds. The molecular formula is C48H29N3S. The van der Waals surface area contributed by atoms with Gasteiger partial charge in [-0.3, -0.25) is 0 Å².